The van der Waals surface area contributed by atoms with Crippen molar-refractivity contribution in [1.82, 2.24) is 4.98 Å². The predicted molar refractivity (Wildman–Crippen MR) is 81.7 cm³/mol. The van der Waals surface area contributed by atoms with Gasteiger partial charge < -0.3 is 4.74 Å². The van der Waals surface area contributed by atoms with Crippen LogP contribution in [-0.4, -0.2) is 10.8 Å². The Morgan fingerprint density at radius 3 is 2.41 bits per heavy atom. The Morgan fingerprint density at radius 2 is 1.68 bits per heavy atom. The molecule has 0 aliphatic carbocycles. The van der Waals surface area contributed by atoms with E-state index in [9.17, 15) is 4.79 Å². The zero-order valence-corrected chi connectivity index (χ0v) is 11.9. The van der Waals surface area contributed by atoms with Gasteiger partial charge in [0.15, 0.2) is 6.20 Å². The molecule has 1 aromatic heterocycles. The highest BCUT2D eigenvalue weighted by molar-refractivity contribution is 5.94. The molecular weight excluding hydrogens is 276 g/mol. The normalized spacial score (nSPS) is 10.2. The lowest BCUT2D eigenvalue weighted by Gasteiger charge is -2.04. The van der Waals surface area contributed by atoms with E-state index in [1.807, 2.05) is 60.7 Å². The zero-order chi connectivity index (χ0) is 15.2. The van der Waals surface area contributed by atoms with Crippen molar-refractivity contribution in [3.8, 4) is 11.6 Å². The molecule has 0 amide bonds. The molecule has 0 atom stereocenters. The molecule has 22 heavy (non-hydrogen) atoms. The number of ketones is 1. The van der Waals surface area contributed by atoms with Gasteiger partial charge in [0.05, 0.1) is 6.20 Å². The van der Waals surface area contributed by atoms with Crippen molar-refractivity contribution in [3.63, 3.8) is 0 Å². The summed E-state index contributed by atoms with van der Waals surface area (Å²) in [7, 11) is 0. The minimum atomic E-state index is 0.0229. The van der Waals surface area contributed by atoms with Gasteiger partial charge in [-0.25, -0.2) is 4.98 Å². The van der Waals surface area contributed by atoms with Gasteiger partial charge in [-0.1, -0.05) is 48.5 Å². The van der Waals surface area contributed by atoms with Crippen LogP contribution in [0.1, 0.15) is 10.4 Å². The number of carbonyl (C=O) groups excluding carboxylic acids is 1. The molecule has 0 unspecified atom stereocenters. The first-order valence-corrected chi connectivity index (χ1v) is 6.97. The molecule has 0 aliphatic rings. The van der Waals surface area contributed by atoms with Gasteiger partial charge in [0.25, 0.3) is 0 Å². The maximum absolute atomic E-state index is 12.3. The second-order valence-corrected chi connectivity index (χ2v) is 4.75. The molecule has 0 saturated carbocycles. The summed E-state index contributed by atoms with van der Waals surface area (Å²) in [4.78, 5) is 16.4. The fourth-order valence-corrected chi connectivity index (χ4v) is 2.07. The quantitative estimate of drug-likeness (QED) is 0.536. The lowest BCUT2D eigenvalue weighted by molar-refractivity contribution is -0.687. The van der Waals surface area contributed by atoms with E-state index in [1.165, 1.54) is 0 Å². The van der Waals surface area contributed by atoms with E-state index >= 15 is 0 Å². The van der Waals surface area contributed by atoms with E-state index in [1.54, 1.807) is 23.2 Å². The molecular formula is C18H15N2O2+. The Hall–Kier alpha value is -3.01. The van der Waals surface area contributed by atoms with Crippen molar-refractivity contribution in [1.29, 1.82) is 0 Å². The van der Waals surface area contributed by atoms with Crippen molar-refractivity contribution in [2.75, 3.05) is 0 Å². The second-order valence-electron chi connectivity index (χ2n) is 4.75. The van der Waals surface area contributed by atoms with Gasteiger partial charge in [0, 0.05) is 5.56 Å². The molecule has 0 spiro atoms. The van der Waals surface area contributed by atoms with Crippen molar-refractivity contribution in [2.45, 2.75) is 6.54 Å². The Balaban J connectivity index is 1.81. The Kier molecular flexibility index (Phi) is 4.20. The van der Waals surface area contributed by atoms with E-state index in [2.05, 4.69) is 4.98 Å². The van der Waals surface area contributed by atoms with Crippen LogP contribution < -0.4 is 9.30 Å². The molecule has 0 bridgehead atoms. The van der Waals surface area contributed by atoms with Gasteiger partial charge in [-0.05, 0) is 12.1 Å². The van der Waals surface area contributed by atoms with Gasteiger partial charge in [-0.3, -0.25) is 4.79 Å². The number of hydrogen-bond donors (Lipinski definition) is 0. The summed E-state index contributed by atoms with van der Waals surface area (Å²) >= 11 is 0. The number of benzene rings is 2. The minimum Gasteiger partial charge on any atom is -0.404 e. The van der Waals surface area contributed by atoms with E-state index in [0.29, 0.717) is 17.2 Å². The molecule has 3 aromatic rings. The van der Waals surface area contributed by atoms with Crippen LogP contribution in [0.5, 0.6) is 11.6 Å². The standard InChI is InChI=1S/C18H15N2O2/c21-17(15-7-3-1-4-8-15)14-20-12-11-19-13-18(20)22-16-9-5-2-6-10-16/h1-13H,14H2/q+1. The summed E-state index contributed by atoms with van der Waals surface area (Å²) < 4.78 is 7.54. The van der Waals surface area contributed by atoms with Crippen molar-refractivity contribution in [3.05, 3.63) is 84.8 Å². The Bertz CT molecular complexity index is 758. The first-order valence-electron chi connectivity index (χ1n) is 6.97. The van der Waals surface area contributed by atoms with Crippen LogP contribution in [0.15, 0.2) is 79.3 Å². The van der Waals surface area contributed by atoms with Crippen LogP contribution in [0.25, 0.3) is 0 Å². The van der Waals surface area contributed by atoms with Crippen LogP contribution in [0, 0.1) is 0 Å². The van der Waals surface area contributed by atoms with Crippen LogP contribution in [-0.2, 0) is 6.54 Å². The molecule has 0 fully saturated rings. The highest BCUT2D eigenvalue weighted by Gasteiger charge is 2.18. The highest BCUT2D eigenvalue weighted by Crippen LogP contribution is 2.16. The van der Waals surface area contributed by atoms with Crippen molar-refractivity contribution < 1.29 is 14.1 Å². The number of rotatable bonds is 5. The molecule has 4 heteroatoms. The lowest BCUT2D eigenvalue weighted by atomic mass is 10.1. The third-order valence-corrected chi connectivity index (χ3v) is 3.18. The van der Waals surface area contributed by atoms with Gasteiger partial charge in [-0.2, -0.15) is 4.57 Å². The zero-order valence-electron chi connectivity index (χ0n) is 11.9. The van der Waals surface area contributed by atoms with Crippen LogP contribution in [0.3, 0.4) is 0 Å². The van der Waals surface area contributed by atoms with Crippen LogP contribution in [0.2, 0.25) is 0 Å². The van der Waals surface area contributed by atoms with Gasteiger partial charge in [0.2, 0.25) is 12.3 Å². The third-order valence-electron chi connectivity index (χ3n) is 3.18. The molecule has 0 N–H and O–H groups in total. The van der Waals surface area contributed by atoms with Gasteiger partial charge in [0.1, 0.15) is 11.9 Å². The van der Waals surface area contributed by atoms with Gasteiger partial charge >= 0.3 is 5.88 Å². The lowest BCUT2D eigenvalue weighted by Crippen LogP contribution is -2.39. The largest absolute Gasteiger partial charge is 0.404 e. The van der Waals surface area contributed by atoms with E-state index in [0.717, 1.165) is 0 Å². The average molecular weight is 291 g/mol. The summed E-state index contributed by atoms with van der Waals surface area (Å²) in [5, 5.41) is 0. The van der Waals surface area contributed by atoms with Crippen molar-refractivity contribution >= 4 is 5.78 Å². The summed E-state index contributed by atoms with van der Waals surface area (Å²) in [6.07, 6.45) is 4.97. The smallest absolute Gasteiger partial charge is 0.392 e. The molecule has 0 aliphatic heterocycles. The van der Waals surface area contributed by atoms with E-state index < -0.39 is 0 Å². The predicted octanol–water partition coefficient (Wildman–Crippen LogP) is 3.04. The highest BCUT2D eigenvalue weighted by atomic mass is 16.5. The maximum atomic E-state index is 12.3. The molecule has 0 saturated heterocycles. The van der Waals surface area contributed by atoms with Gasteiger partial charge in [-0.15, -0.1) is 0 Å². The van der Waals surface area contributed by atoms with Crippen LogP contribution >= 0.6 is 0 Å². The monoisotopic (exact) mass is 291 g/mol. The molecule has 108 valence electrons. The number of para-hydroxylation sites is 1. The fraction of sp³-hybridized carbons (Fsp3) is 0.0556. The topological polar surface area (TPSA) is 43.1 Å². The van der Waals surface area contributed by atoms with Crippen LogP contribution in [0.4, 0.5) is 0 Å². The molecule has 3 rings (SSSR count). The number of hydrogen-bond acceptors (Lipinski definition) is 3. The number of Topliss-reactive ketones (excluding diaryl/α,β-unsaturated/α-hetero) is 1. The summed E-state index contributed by atoms with van der Waals surface area (Å²) in [6, 6.07) is 18.6. The van der Waals surface area contributed by atoms with E-state index in [-0.39, 0.29) is 12.3 Å². The van der Waals surface area contributed by atoms with E-state index in [4.69, 9.17) is 4.74 Å². The SMILES string of the molecule is O=C(C[n+]1ccncc1Oc1ccccc1)c1ccccc1. The average Bonchev–Trinajstić information content (AvgIpc) is 2.58. The molecule has 2 aromatic carbocycles. The number of nitrogens with zero attached hydrogens (tertiary/aromatic N) is 2. The number of aromatic nitrogens is 2. The summed E-state index contributed by atoms with van der Waals surface area (Å²) in [5.41, 5.74) is 0.678. The number of ether oxygens (including phenoxy) is 1. The summed E-state index contributed by atoms with van der Waals surface area (Å²) in [5.74, 6) is 1.25. The first kappa shape index (κ1) is 13.9. The molecule has 4 nitrogen and oxygen atoms in total. The Morgan fingerprint density at radius 1 is 1.00 bits per heavy atom. The number of carbonyl (C=O) groups is 1. The first-order chi connectivity index (χ1) is 10.8. The third kappa shape index (κ3) is 3.35. The minimum absolute atomic E-state index is 0.0229. The maximum Gasteiger partial charge on any atom is 0.392 e. The second kappa shape index (κ2) is 6.63. The fourth-order valence-electron chi connectivity index (χ4n) is 2.07. The summed E-state index contributed by atoms with van der Waals surface area (Å²) in [6.45, 7) is 0.203. The molecule has 1 heterocycles. The Labute approximate surface area is 128 Å². The van der Waals surface area contributed by atoms with Crippen molar-refractivity contribution in [2.24, 2.45) is 0 Å². The molecule has 0 radical (unpaired) electrons.